The van der Waals surface area contributed by atoms with E-state index in [0.717, 1.165) is 16.7 Å². The predicted octanol–water partition coefficient (Wildman–Crippen LogP) is 3.76. The topological polar surface area (TPSA) is 32.3 Å². The van der Waals surface area contributed by atoms with E-state index in [0.29, 0.717) is 5.56 Å². The highest BCUT2D eigenvalue weighted by molar-refractivity contribution is 9.10. The van der Waals surface area contributed by atoms with Gasteiger partial charge in [-0.25, -0.2) is 0 Å². The molecule has 3 nitrogen and oxygen atoms in total. The summed E-state index contributed by atoms with van der Waals surface area (Å²) in [6.07, 6.45) is 0. The zero-order valence-corrected chi connectivity index (χ0v) is 13.1. The molecule has 0 fully saturated rings. The number of rotatable bonds is 4. The molecule has 0 aromatic heterocycles. The van der Waals surface area contributed by atoms with E-state index in [9.17, 15) is 4.79 Å². The molecule has 0 aliphatic rings. The lowest BCUT2D eigenvalue weighted by atomic mass is 10.1. The third-order valence-corrected chi connectivity index (χ3v) is 3.48. The molecule has 0 radical (unpaired) electrons. The quantitative estimate of drug-likeness (QED) is 0.924. The van der Waals surface area contributed by atoms with Gasteiger partial charge in [0, 0.05) is 36.4 Å². The Balaban J connectivity index is 1.97. The molecule has 0 aliphatic carbocycles. The summed E-state index contributed by atoms with van der Waals surface area (Å²) in [6, 6.07) is 15.7. The van der Waals surface area contributed by atoms with E-state index < -0.39 is 0 Å². The third-order valence-electron chi connectivity index (χ3n) is 2.95. The lowest BCUT2D eigenvalue weighted by molar-refractivity contribution is 0.0827. The van der Waals surface area contributed by atoms with Crippen molar-refractivity contribution in [2.45, 2.75) is 6.54 Å². The number of anilines is 1. The average Bonchev–Trinajstić information content (AvgIpc) is 2.46. The van der Waals surface area contributed by atoms with E-state index in [1.54, 1.807) is 19.0 Å². The summed E-state index contributed by atoms with van der Waals surface area (Å²) >= 11 is 3.42. The number of nitrogens with zero attached hydrogens (tertiary/aromatic N) is 1. The van der Waals surface area contributed by atoms with Gasteiger partial charge in [0.05, 0.1) is 0 Å². The lowest BCUT2D eigenvalue weighted by Crippen LogP contribution is -2.21. The van der Waals surface area contributed by atoms with Gasteiger partial charge < -0.3 is 10.2 Å². The summed E-state index contributed by atoms with van der Waals surface area (Å²) in [7, 11) is 3.50. The first kappa shape index (κ1) is 14.6. The second kappa shape index (κ2) is 6.57. The summed E-state index contributed by atoms with van der Waals surface area (Å²) in [5.41, 5.74) is 2.91. The van der Waals surface area contributed by atoms with Crippen LogP contribution in [0.4, 0.5) is 5.69 Å². The number of benzene rings is 2. The number of hydrogen-bond donors (Lipinski definition) is 1. The molecule has 2 aromatic carbocycles. The molecule has 104 valence electrons. The Bertz CT molecular complexity index is 576. The van der Waals surface area contributed by atoms with Crippen molar-refractivity contribution in [1.29, 1.82) is 0 Å². The minimum atomic E-state index is 0.0180. The van der Waals surface area contributed by atoms with Crippen LogP contribution in [0.1, 0.15) is 15.9 Å². The number of hydrogen-bond acceptors (Lipinski definition) is 2. The van der Waals surface area contributed by atoms with Gasteiger partial charge in [-0.3, -0.25) is 4.79 Å². The van der Waals surface area contributed by atoms with Crippen molar-refractivity contribution in [3.63, 3.8) is 0 Å². The highest BCUT2D eigenvalue weighted by atomic mass is 79.9. The van der Waals surface area contributed by atoms with E-state index >= 15 is 0 Å². The van der Waals surface area contributed by atoms with E-state index in [4.69, 9.17) is 0 Å². The van der Waals surface area contributed by atoms with Crippen LogP contribution in [0.2, 0.25) is 0 Å². The summed E-state index contributed by atoms with van der Waals surface area (Å²) in [4.78, 5) is 13.3. The molecule has 0 unspecified atom stereocenters. The average molecular weight is 333 g/mol. The summed E-state index contributed by atoms with van der Waals surface area (Å²) < 4.78 is 1.08. The Morgan fingerprint density at radius 1 is 1.05 bits per heavy atom. The molecule has 0 spiro atoms. The molecule has 0 atom stereocenters. The zero-order valence-electron chi connectivity index (χ0n) is 11.6. The molecule has 1 N–H and O–H groups in total. The third kappa shape index (κ3) is 3.84. The molecule has 0 saturated carbocycles. The van der Waals surface area contributed by atoms with Crippen molar-refractivity contribution < 1.29 is 4.79 Å². The first-order chi connectivity index (χ1) is 9.56. The van der Waals surface area contributed by atoms with Gasteiger partial charge in [-0.15, -0.1) is 0 Å². The van der Waals surface area contributed by atoms with Gasteiger partial charge in [-0.2, -0.15) is 0 Å². The van der Waals surface area contributed by atoms with Crippen LogP contribution in [0, 0.1) is 0 Å². The highest BCUT2D eigenvalue weighted by Crippen LogP contribution is 2.14. The van der Waals surface area contributed by atoms with Crippen LogP contribution in [0.25, 0.3) is 0 Å². The van der Waals surface area contributed by atoms with Crippen LogP contribution < -0.4 is 5.32 Å². The Hall–Kier alpha value is -1.81. The van der Waals surface area contributed by atoms with Gasteiger partial charge in [0.1, 0.15) is 0 Å². The minimum absolute atomic E-state index is 0.0180. The Kier molecular flexibility index (Phi) is 4.79. The number of carbonyl (C=O) groups is 1. The van der Waals surface area contributed by atoms with Gasteiger partial charge in [-0.05, 0) is 42.0 Å². The Morgan fingerprint density at radius 3 is 2.20 bits per heavy atom. The molecular weight excluding hydrogens is 316 g/mol. The lowest BCUT2D eigenvalue weighted by Gasteiger charge is -2.11. The summed E-state index contributed by atoms with van der Waals surface area (Å²) in [5, 5.41) is 3.34. The van der Waals surface area contributed by atoms with Gasteiger partial charge in [0.15, 0.2) is 0 Å². The molecule has 0 aliphatic heterocycles. The molecule has 2 aromatic rings. The summed E-state index contributed by atoms with van der Waals surface area (Å²) in [5.74, 6) is 0.0180. The first-order valence-corrected chi connectivity index (χ1v) is 7.15. The van der Waals surface area contributed by atoms with Crippen LogP contribution in [0.3, 0.4) is 0 Å². The van der Waals surface area contributed by atoms with Crippen LogP contribution >= 0.6 is 15.9 Å². The van der Waals surface area contributed by atoms with Crippen LogP contribution in [-0.2, 0) is 6.54 Å². The van der Waals surface area contributed by atoms with Crippen molar-refractivity contribution in [1.82, 2.24) is 4.90 Å². The highest BCUT2D eigenvalue weighted by Gasteiger charge is 2.06. The van der Waals surface area contributed by atoms with Crippen LogP contribution in [-0.4, -0.2) is 24.9 Å². The maximum atomic E-state index is 11.8. The van der Waals surface area contributed by atoms with Gasteiger partial charge >= 0.3 is 0 Å². The smallest absolute Gasteiger partial charge is 0.253 e. The van der Waals surface area contributed by atoms with E-state index in [2.05, 4.69) is 33.4 Å². The fraction of sp³-hybridized carbons (Fsp3) is 0.188. The van der Waals surface area contributed by atoms with Crippen molar-refractivity contribution in [2.75, 3.05) is 19.4 Å². The number of nitrogens with one attached hydrogen (secondary N) is 1. The van der Waals surface area contributed by atoms with E-state index in [1.807, 2.05) is 36.4 Å². The molecular formula is C16H17BrN2O. The predicted molar refractivity (Wildman–Crippen MR) is 85.9 cm³/mol. The second-order valence-corrected chi connectivity index (χ2v) is 5.67. The van der Waals surface area contributed by atoms with Gasteiger partial charge in [0.25, 0.3) is 5.91 Å². The van der Waals surface area contributed by atoms with E-state index in [-0.39, 0.29) is 5.91 Å². The van der Waals surface area contributed by atoms with Crippen molar-refractivity contribution in [3.8, 4) is 0 Å². The van der Waals surface area contributed by atoms with Crippen LogP contribution in [0.5, 0.6) is 0 Å². The zero-order chi connectivity index (χ0) is 14.5. The van der Waals surface area contributed by atoms with Crippen molar-refractivity contribution >= 4 is 27.5 Å². The monoisotopic (exact) mass is 332 g/mol. The molecule has 0 heterocycles. The SMILES string of the molecule is CN(C)C(=O)c1ccc(NCc2ccc(Br)cc2)cc1. The molecule has 2 rings (SSSR count). The Morgan fingerprint density at radius 2 is 1.65 bits per heavy atom. The fourth-order valence-electron chi connectivity index (χ4n) is 1.80. The fourth-order valence-corrected chi connectivity index (χ4v) is 2.06. The second-order valence-electron chi connectivity index (χ2n) is 4.76. The van der Waals surface area contributed by atoms with E-state index in [1.165, 1.54) is 5.56 Å². The number of halogens is 1. The summed E-state index contributed by atoms with van der Waals surface area (Å²) in [6.45, 7) is 0.758. The first-order valence-electron chi connectivity index (χ1n) is 6.36. The molecule has 0 saturated heterocycles. The molecule has 20 heavy (non-hydrogen) atoms. The molecule has 4 heteroatoms. The number of carbonyl (C=O) groups excluding carboxylic acids is 1. The maximum Gasteiger partial charge on any atom is 0.253 e. The van der Waals surface area contributed by atoms with Gasteiger partial charge in [-0.1, -0.05) is 28.1 Å². The van der Waals surface area contributed by atoms with Crippen molar-refractivity contribution in [2.24, 2.45) is 0 Å². The Labute approximate surface area is 127 Å². The van der Waals surface area contributed by atoms with Crippen molar-refractivity contribution in [3.05, 3.63) is 64.1 Å². The van der Waals surface area contributed by atoms with Crippen LogP contribution in [0.15, 0.2) is 53.0 Å². The maximum absolute atomic E-state index is 11.8. The normalized spacial score (nSPS) is 10.2. The number of amides is 1. The molecule has 0 bridgehead atoms. The largest absolute Gasteiger partial charge is 0.381 e. The van der Waals surface area contributed by atoms with Gasteiger partial charge in [0.2, 0.25) is 0 Å². The minimum Gasteiger partial charge on any atom is -0.381 e. The molecule has 1 amide bonds. The standard InChI is InChI=1S/C16H17BrN2O/c1-19(2)16(20)13-5-9-15(10-6-13)18-11-12-3-7-14(17)8-4-12/h3-10,18H,11H2,1-2H3.